The first-order valence-electron chi connectivity index (χ1n) is 15.5. The zero-order valence-electron chi connectivity index (χ0n) is 27.5. The predicted octanol–water partition coefficient (Wildman–Crippen LogP) is 6.92. The lowest BCUT2D eigenvalue weighted by molar-refractivity contribution is 0.0505. The first-order chi connectivity index (χ1) is 21.9. The summed E-state index contributed by atoms with van der Waals surface area (Å²) in [5.74, 6) is 1.10. The molecule has 2 heterocycles. The number of aryl methyl sites for hydroxylation is 2. The number of anilines is 1. The maximum atomic E-state index is 14.2. The molecule has 1 aliphatic rings. The van der Waals surface area contributed by atoms with Gasteiger partial charge in [0.2, 0.25) is 0 Å². The molecule has 0 radical (unpaired) electrons. The van der Waals surface area contributed by atoms with Crippen LogP contribution < -0.4 is 25.8 Å². The van der Waals surface area contributed by atoms with Crippen LogP contribution in [0.15, 0.2) is 53.8 Å². The minimum absolute atomic E-state index is 0.0271. The number of hydrogen-bond acceptors (Lipinski definition) is 7. The van der Waals surface area contributed by atoms with Crippen LogP contribution in [0.5, 0.6) is 11.5 Å². The lowest BCUT2D eigenvalue weighted by Gasteiger charge is -2.22. The van der Waals surface area contributed by atoms with Crippen molar-refractivity contribution in [3.63, 3.8) is 0 Å². The SMILES string of the molecule is CCc1ccc(F)cc1/N=C(\N)c1cnn2cc(-c3cc(OC)c(OC)cc3C)cc2c1N[C@@H]1CC[C@H](NC(=O)OC(C)(C)C)C1. The van der Waals surface area contributed by atoms with Crippen molar-refractivity contribution in [1.82, 2.24) is 14.9 Å². The van der Waals surface area contributed by atoms with Gasteiger partial charge in [-0.05, 0) is 100 Å². The molecule has 5 rings (SSSR count). The third-order valence-corrected chi connectivity index (χ3v) is 8.13. The number of rotatable bonds is 9. The van der Waals surface area contributed by atoms with Crippen LogP contribution in [0.2, 0.25) is 0 Å². The highest BCUT2D eigenvalue weighted by Crippen LogP contribution is 2.38. The number of nitrogens with two attached hydrogens (primary N) is 1. The van der Waals surface area contributed by atoms with Gasteiger partial charge in [0, 0.05) is 23.8 Å². The van der Waals surface area contributed by atoms with Crippen LogP contribution in [-0.2, 0) is 11.2 Å². The summed E-state index contributed by atoms with van der Waals surface area (Å²) in [6.07, 6.45) is 6.18. The molecule has 2 aromatic heterocycles. The molecule has 0 spiro atoms. The maximum Gasteiger partial charge on any atom is 0.407 e. The van der Waals surface area contributed by atoms with Gasteiger partial charge in [0.25, 0.3) is 0 Å². The number of ether oxygens (including phenoxy) is 3. The third-order valence-electron chi connectivity index (χ3n) is 8.13. The standard InChI is InChI=1S/C35H43FN6O4/c1-8-21-9-10-23(36)15-28(21)41-33(37)27-18-38-42-19-22(26-17-31(45-7)30(44-6)13-20(26)2)14-29(42)32(27)39-24-11-12-25(16-24)40-34(43)46-35(3,4)5/h9-10,13-15,17-19,24-25,39H,8,11-12,16H2,1-7H3,(H2,37,41)(H,40,43)/t24-,25+/m1/s1. The Labute approximate surface area is 269 Å². The molecule has 2 atom stereocenters. The van der Waals surface area contributed by atoms with E-state index in [0.717, 1.165) is 46.3 Å². The Hall–Kier alpha value is -4.80. The van der Waals surface area contributed by atoms with Crippen molar-refractivity contribution in [2.45, 2.75) is 78.0 Å². The topological polar surface area (TPSA) is 125 Å². The Morgan fingerprint density at radius 3 is 2.52 bits per heavy atom. The molecule has 1 aliphatic carbocycles. The molecule has 46 heavy (non-hydrogen) atoms. The van der Waals surface area contributed by atoms with Gasteiger partial charge < -0.3 is 30.6 Å². The summed E-state index contributed by atoms with van der Waals surface area (Å²) in [6, 6.07) is 10.5. The smallest absolute Gasteiger partial charge is 0.407 e. The van der Waals surface area contributed by atoms with Gasteiger partial charge in [0.15, 0.2) is 11.5 Å². The number of alkyl carbamates (subject to hydrolysis) is 1. The van der Waals surface area contributed by atoms with Crippen molar-refractivity contribution in [2.24, 2.45) is 10.7 Å². The van der Waals surface area contributed by atoms with Gasteiger partial charge in [0.05, 0.1) is 42.9 Å². The molecule has 10 nitrogen and oxygen atoms in total. The highest BCUT2D eigenvalue weighted by molar-refractivity contribution is 6.06. The van der Waals surface area contributed by atoms with Gasteiger partial charge in [-0.15, -0.1) is 0 Å². The number of amides is 1. The van der Waals surface area contributed by atoms with E-state index < -0.39 is 11.7 Å². The number of nitrogens with one attached hydrogen (secondary N) is 2. The molecule has 244 valence electrons. The summed E-state index contributed by atoms with van der Waals surface area (Å²) in [4.78, 5) is 17.1. The van der Waals surface area contributed by atoms with Crippen LogP contribution in [0.4, 0.5) is 20.6 Å². The number of carbonyl (C=O) groups excluding carboxylic acids is 1. The first kappa shape index (κ1) is 32.6. The van der Waals surface area contributed by atoms with Crippen molar-refractivity contribution in [3.05, 3.63) is 71.3 Å². The van der Waals surface area contributed by atoms with E-state index in [9.17, 15) is 9.18 Å². The summed E-state index contributed by atoms with van der Waals surface area (Å²) >= 11 is 0. The van der Waals surface area contributed by atoms with E-state index in [1.807, 2.05) is 59.0 Å². The Bertz CT molecular complexity index is 1780. The number of aromatic nitrogens is 2. The van der Waals surface area contributed by atoms with Gasteiger partial charge >= 0.3 is 6.09 Å². The van der Waals surface area contributed by atoms with Crippen LogP contribution in [0, 0.1) is 12.7 Å². The highest BCUT2D eigenvalue weighted by atomic mass is 19.1. The fourth-order valence-electron chi connectivity index (χ4n) is 5.89. The minimum Gasteiger partial charge on any atom is -0.493 e. The fraction of sp³-hybridized carbons (Fsp3) is 0.400. The molecule has 4 aromatic rings. The first-order valence-corrected chi connectivity index (χ1v) is 15.5. The molecule has 4 N–H and O–H groups in total. The molecule has 1 saturated carbocycles. The number of aliphatic imine (C=N–C) groups is 1. The summed E-state index contributed by atoms with van der Waals surface area (Å²) < 4.78 is 32.6. The van der Waals surface area contributed by atoms with E-state index in [-0.39, 0.29) is 23.7 Å². The lowest BCUT2D eigenvalue weighted by Crippen LogP contribution is -2.38. The Kier molecular flexibility index (Phi) is 9.41. The van der Waals surface area contributed by atoms with Crippen LogP contribution in [0.25, 0.3) is 16.6 Å². The van der Waals surface area contributed by atoms with Gasteiger partial charge in [-0.3, -0.25) is 0 Å². The quantitative estimate of drug-likeness (QED) is 0.135. The molecule has 1 amide bonds. The number of halogens is 1. The molecule has 11 heteroatoms. The van der Waals surface area contributed by atoms with Crippen molar-refractivity contribution in [1.29, 1.82) is 0 Å². The summed E-state index contributed by atoms with van der Waals surface area (Å²) in [7, 11) is 3.23. The number of nitrogens with zero attached hydrogens (tertiary/aromatic N) is 3. The Morgan fingerprint density at radius 2 is 1.83 bits per heavy atom. The van der Waals surface area contributed by atoms with Crippen LogP contribution in [0.1, 0.15) is 63.6 Å². The summed E-state index contributed by atoms with van der Waals surface area (Å²) in [6.45, 7) is 9.54. The van der Waals surface area contributed by atoms with Crippen LogP contribution >= 0.6 is 0 Å². The third kappa shape index (κ3) is 7.19. The van der Waals surface area contributed by atoms with E-state index in [1.54, 1.807) is 31.0 Å². The van der Waals surface area contributed by atoms with E-state index in [2.05, 4.69) is 15.6 Å². The molecule has 0 aliphatic heterocycles. The normalized spacial score (nSPS) is 16.8. The molecular formula is C35H43FN6O4. The molecule has 0 bridgehead atoms. The number of amidine groups is 1. The summed E-state index contributed by atoms with van der Waals surface area (Å²) in [5, 5.41) is 11.4. The van der Waals surface area contributed by atoms with E-state index in [1.165, 1.54) is 12.1 Å². The molecule has 2 aromatic carbocycles. The van der Waals surface area contributed by atoms with Crippen molar-refractivity contribution in [2.75, 3.05) is 19.5 Å². The molecular weight excluding hydrogens is 587 g/mol. The van der Waals surface area contributed by atoms with Crippen LogP contribution in [-0.4, -0.2) is 53.4 Å². The average molecular weight is 631 g/mol. The van der Waals surface area contributed by atoms with E-state index >= 15 is 0 Å². The fourth-order valence-corrected chi connectivity index (χ4v) is 5.89. The van der Waals surface area contributed by atoms with Crippen molar-refractivity contribution in [3.8, 4) is 22.6 Å². The molecule has 0 unspecified atom stereocenters. The zero-order chi connectivity index (χ0) is 33.2. The minimum atomic E-state index is -0.576. The van der Waals surface area contributed by atoms with E-state index in [0.29, 0.717) is 35.6 Å². The maximum absolute atomic E-state index is 14.2. The van der Waals surface area contributed by atoms with E-state index in [4.69, 9.17) is 25.0 Å². The average Bonchev–Trinajstić information content (AvgIpc) is 3.63. The monoisotopic (exact) mass is 630 g/mol. The number of benzene rings is 2. The predicted molar refractivity (Wildman–Crippen MR) is 179 cm³/mol. The lowest BCUT2D eigenvalue weighted by atomic mass is 10.0. The zero-order valence-corrected chi connectivity index (χ0v) is 27.5. The number of hydrogen-bond donors (Lipinski definition) is 3. The number of fused-ring (bicyclic) bond motifs is 1. The Morgan fingerprint density at radius 1 is 1.11 bits per heavy atom. The second kappa shape index (κ2) is 13.3. The number of methoxy groups -OCH3 is 2. The van der Waals surface area contributed by atoms with Gasteiger partial charge in [-0.25, -0.2) is 18.7 Å². The van der Waals surface area contributed by atoms with Gasteiger partial charge in [-0.2, -0.15) is 5.10 Å². The highest BCUT2D eigenvalue weighted by Gasteiger charge is 2.29. The second-order valence-corrected chi connectivity index (χ2v) is 12.6. The second-order valence-electron chi connectivity index (χ2n) is 12.6. The Balaban J connectivity index is 1.55. The van der Waals surface area contributed by atoms with Gasteiger partial charge in [-0.1, -0.05) is 13.0 Å². The largest absolute Gasteiger partial charge is 0.493 e. The van der Waals surface area contributed by atoms with Crippen molar-refractivity contribution >= 4 is 28.8 Å². The van der Waals surface area contributed by atoms with Gasteiger partial charge in [0.1, 0.15) is 17.3 Å². The van der Waals surface area contributed by atoms with Crippen LogP contribution in [0.3, 0.4) is 0 Å². The summed E-state index contributed by atoms with van der Waals surface area (Å²) in [5.41, 5.74) is 12.5. The molecule has 0 saturated heterocycles. The van der Waals surface area contributed by atoms with Crippen molar-refractivity contribution < 1.29 is 23.4 Å². The number of carbonyl (C=O) groups is 1. The molecule has 1 fully saturated rings.